The minimum atomic E-state index is -0.190. The third kappa shape index (κ3) is 4.21. The molecule has 3 heterocycles. The first-order chi connectivity index (χ1) is 17.1. The molecule has 0 fully saturated rings. The fraction of sp³-hybridized carbons (Fsp3) is 0.148. The number of rotatable bonds is 7. The van der Waals surface area contributed by atoms with Crippen LogP contribution in [0.4, 0.5) is 0 Å². The second-order valence-electron chi connectivity index (χ2n) is 8.07. The summed E-state index contributed by atoms with van der Waals surface area (Å²) < 4.78 is 14.1. The maximum atomic E-state index is 13.1. The lowest BCUT2D eigenvalue weighted by Crippen LogP contribution is -2.24. The Bertz CT molecular complexity index is 1590. The highest BCUT2D eigenvalue weighted by molar-refractivity contribution is 5.94. The Labute approximate surface area is 201 Å². The van der Waals surface area contributed by atoms with Crippen molar-refractivity contribution in [1.82, 2.24) is 19.3 Å². The molecule has 0 bridgehead atoms. The molecule has 0 saturated carbocycles. The normalized spacial score (nSPS) is 11.0. The first-order valence-electron chi connectivity index (χ1n) is 11.1. The van der Waals surface area contributed by atoms with E-state index in [0.29, 0.717) is 41.3 Å². The van der Waals surface area contributed by atoms with Gasteiger partial charge in [0.05, 0.1) is 26.3 Å². The Kier molecular flexibility index (Phi) is 5.93. The standard InChI is InChI=1S/C27H24N4O4/c1-34-23-12-9-19(15-24(23)35-2)16-29-26(32)20-10-7-18(8-11-20)17-31-25-21(5-3-13-28-25)30-14-4-6-22(30)27(31)33/h3-15H,16-17H2,1-2H3,(H,29,32). The van der Waals surface area contributed by atoms with E-state index >= 15 is 0 Å². The lowest BCUT2D eigenvalue weighted by Gasteiger charge is -2.12. The highest BCUT2D eigenvalue weighted by Gasteiger charge is 2.13. The molecule has 35 heavy (non-hydrogen) atoms. The van der Waals surface area contributed by atoms with Crippen LogP contribution in [-0.4, -0.2) is 34.1 Å². The summed E-state index contributed by atoms with van der Waals surface area (Å²) in [5, 5.41) is 2.92. The molecular formula is C27H24N4O4. The number of carbonyl (C=O) groups excluding carboxylic acids is 1. The monoisotopic (exact) mass is 468 g/mol. The predicted molar refractivity (Wildman–Crippen MR) is 133 cm³/mol. The van der Waals surface area contributed by atoms with Crippen LogP contribution >= 0.6 is 0 Å². The van der Waals surface area contributed by atoms with E-state index in [1.807, 2.05) is 53.1 Å². The Morgan fingerprint density at radius 3 is 2.43 bits per heavy atom. The van der Waals surface area contributed by atoms with E-state index in [1.54, 1.807) is 49.2 Å². The van der Waals surface area contributed by atoms with E-state index in [0.717, 1.165) is 16.6 Å². The molecule has 0 atom stereocenters. The summed E-state index contributed by atoms with van der Waals surface area (Å²) in [6.45, 7) is 0.701. The average molecular weight is 469 g/mol. The van der Waals surface area contributed by atoms with E-state index in [-0.39, 0.29) is 11.5 Å². The highest BCUT2D eigenvalue weighted by atomic mass is 16.5. The first kappa shape index (κ1) is 22.2. The maximum Gasteiger partial charge on any atom is 0.276 e. The molecule has 0 aliphatic rings. The number of hydrogen-bond acceptors (Lipinski definition) is 5. The van der Waals surface area contributed by atoms with Crippen molar-refractivity contribution in [3.8, 4) is 11.5 Å². The molecule has 3 aromatic heterocycles. The summed E-state index contributed by atoms with van der Waals surface area (Å²) in [6.07, 6.45) is 3.54. The number of nitrogens with one attached hydrogen (secondary N) is 1. The minimum absolute atomic E-state index is 0.113. The van der Waals surface area contributed by atoms with Gasteiger partial charge < -0.3 is 19.2 Å². The molecule has 0 saturated heterocycles. The number of carbonyl (C=O) groups is 1. The number of methoxy groups -OCH3 is 2. The zero-order valence-corrected chi connectivity index (χ0v) is 19.4. The van der Waals surface area contributed by atoms with E-state index in [4.69, 9.17) is 9.47 Å². The van der Waals surface area contributed by atoms with Crippen LogP contribution in [-0.2, 0) is 13.1 Å². The number of pyridine rings is 1. The van der Waals surface area contributed by atoms with Crippen molar-refractivity contribution >= 4 is 22.6 Å². The van der Waals surface area contributed by atoms with Crippen molar-refractivity contribution in [3.05, 3.63) is 106 Å². The number of aromatic nitrogens is 3. The van der Waals surface area contributed by atoms with Gasteiger partial charge in [-0.25, -0.2) is 4.98 Å². The Balaban J connectivity index is 1.33. The van der Waals surface area contributed by atoms with Crippen LogP contribution < -0.4 is 20.3 Å². The molecule has 1 N–H and O–H groups in total. The largest absolute Gasteiger partial charge is 0.493 e. The van der Waals surface area contributed by atoms with Gasteiger partial charge in [-0.2, -0.15) is 0 Å². The molecule has 8 heteroatoms. The molecule has 1 amide bonds. The molecule has 8 nitrogen and oxygen atoms in total. The molecule has 5 aromatic rings. The minimum Gasteiger partial charge on any atom is -0.493 e. The highest BCUT2D eigenvalue weighted by Crippen LogP contribution is 2.27. The number of hydrogen-bond donors (Lipinski definition) is 1. The van der Waals surface area contributed by atoms with Gasteiger partial charge in [-0.3, -0.25) is 14.2 Å². The van der Waals surface area contributed by atoms with Crippen LogP contribution in [0, 0.1) is 0 Å². The van der Waals surface area contributed by atoms with E-state index in [9.17, 15) is 9.59 Å². The molecule has 0 aliphatic heterocycles. The molecule has 0 aliphatic carbocycles. The Hall–Kier alpha value is -4.59. The summed E-state index contributed by atoms with van der Waals surface area (Å²) in [7, 11) is 3.16. The number of benzene rings is 2. The lowest BCUT2D eigenvalue weighted by molar-refractivity contribution is 0.0951. The van der Waals surface area contributed by atoms with Gasteiger partial charge in [0.25, 0.3) is 11.5 Å². The van der Waals surface area contributed by atoms with Crippen LogP contribution in [0.25, 0.3) is 16.7 Å². The van der Waals surface area contributed by atoms with Crippen LogP contribution in [0.1, 0.15) is 21.5 Å². The van der Waals surface area contributed by atoms with Crippen LogP contribution in [0.3, 0.4) is 0 Å². The first-order valence-corrected chi connectivity index (χ1v) is 11.1. The smallest absolute Gasteiger partial charge is 0.276 e. The zero-order valence-electron chi connectivity index (χ0n) is 19.4. The number of ether oxygens (including phenoxy) is 2. The second-order valence-corrected chi connectivity index (χ2v) is 8.07. The van der Waals surface area contributed by atoms with Crippen molar-refractivity contribution in [2.24, 2.45) is 0 Å². The van der Waals surface area contributed by atoms with Gasteiger partial charge in [0, 0.05) is 24.5 Å². The topological polar surface area (TPSA) is 86.9 Å². The van der Waals surface area contributed by atoms with Gasteiger partial charge in [-0.1, -0.05) is 18.2 Å². The second kappa shape index (κ2) is 9.34. The van der Waals surface area contributed by atoms with Crippen LogP contribution in [0.5, 0.6) is 11.5 Å². The molecule has 0 spiro atoms. The van der Waals surface area contributed by atoms with E-state index < -0.39 is 0 Å². The van der Waals surface area contributed by atoms with Crippen LogP contribution in [0.15, 0.2) is 83.9 Å². The molecule has 2 aromatic carbocycles. The lowest BCUT2D eigenvalue weighted by atomic mass is 10.1. The number of fused-ring (bicyclic) bond motifs is 3. The molecule has 5 rings (SSSR count). The molecular weight excluding hydrogens is 444 g/mol. The Morgan fingerprint density at radius 1 is 0.914 bits per heavy atom. The quantitative estimate of drug-likeness (QED) is 0.394. The molecule has 0 unspecified atom stereocenters. The predicted octanol–water partition coefficient (Wildman–Crippen LogP) is 3.64. The van der Waals surface area contributed by atoms with Gasteiger partial charge in [0.2, 0.25) is 0 Å². The molecule has 0 radical (unpaired) electrons. The van der Waals surface area contributed by atoms with E-state index in [1.165, 1.54) is 0 Å². The maximum absolute atomic E-state index is 13.1. The van der Waals surface area contributed by atoms with Gasteiger partial charge in [0.1, 0.15) is 5.52 Å². The fourth-order valence-corrected chi connectivity index (χ4v) is 4.15. The summed E-state index contributed by atoms with van der Waals surface area (Å²) in [6, 6.07) is 20.2. The van der Waals surface area contributed by atoms with E-state index in [2.05, 4.69) is 10.3 Å². The SMILES string of the molecule is COc1ccc(CNC(=O)c2ccc(Cn3c(=O)c4cccn4c4cccnc43)cc2)cc1OC. The van der Waals surface area contributed by atoms with Crippen molar-refractivity contribution in [2.75, 3.05) is 14.2 Å². The van der Waals surface area contributed by atoms with Gasteiger partial charge in [-0.05, 0) is 59.7 Å². The summed E-state index contributed by atoms with van der Waals surface area (Å²) >= 11 is 0. The van der Waals surface area contributed by atoms with Gasteiger partial charge in [-0.15, -0.1) is 0 Å². The number of nitrogens with zero attached hydrogens (tertiary/aromatic N) is 3. The van der Waals surface area contributed by atoms with Crippen LogP contribution in [0.2, 0.25) is 0 Å². The third-order valence-electron chi connectivity index (χ3n) is 5.95. The van der Waals surface area contributed by atoms with Crippen molar-refractivity contribution < 1.29 is 14.3 Å². The summed E-state index contributed by atoms with van der Waals surface area (Å²) in [5.74, 6) is 1.06. The van der Waals surface area contributed by atoms with Crippen molar-refractivity contribution in [2.45, 2.75) is 13.1 Å². The average Bonchev–Trinajstić information content (AvgIpc) is 3.40. The van der Waals surface area contributed by atoms with Crippen molar-refractivity contribution in [3.63, 3.8) is 0 Å². The summed E-state index contributed by atoms with van der Waals surface area (Å²) in [5.41, 5.74) is 4.27. The van der Waals surface area contributed by atoms with Crippen molar-refractivity contribution in [1.29, 1.82) is 0 Å². The zero-order chi connectivity index (χ0) is 24.4. The van der Waals surface area contributed by atoms with Gasteiger partial charge in [0.15, 0.2) is 17.1 Å². The number of amides is 1. The summed E-state index contributed by atoms with van der Waals surface area (Å²) in [4.78, 5) is 30.2. The molecule has 176 valence electrons. The van der Waals surface area contributed by atoms with Gasteiger partial charge >= 0.3 is 0 Å². The Morgan fingerprint density at radius 2 is 1.66 bits per heavy atom. The fourth-order valence-electron chi connectivity index (χ4n) is 4.15. The third-order valence-corrected chi connectivity index (χ3v) is 5.95.